The Labute approximate surface area is 133 Å². The Morgan fingerprint density at radius 3 is 2.18 bits per heavy atom. The van der Waals surface area contributed by atoms with Gasteiger partial charge in [-0.05, 0) is 54.5 Å². The molecule has 0 N–H and O–H groups in total. The maximum Gasteiger partial charge on any atom is 0.207 e. The van der Waals surface area contributed by atoms with Crippen LogP contribution in [0.3, 0.4) is 0 Å². The molecule has 108 valence electrons. The molecule has 1 heterocycles. The molecule has 0 saturated carbocycles. The van der Waals surface area contributed by atoms with Crippen molar-refractivity contribution in [1.29, 1.82) is 0 Å². The zero-order valence-electron chi connectivity index (χ0n) is 13.6. The molecule has 0 aromatic heterocycles. The fourth-order valence-corrected chi connectivity index (χ4v) is 4.38. The first kappa shape index (κ1) is 13.6. The van der Waals surface area contributed by atoms with E-state index in [0.717, 1.165) is 6.42 Å². The van der Waals surface area contributed by atoms with E-state index in [9.17, 15) is 0 Å². The van der Waals surface area contributed by atoms with E-state index >= 15 is 0 Å². The fraction of sp³-hybridized carbons (Fsp3) is 0.238. The molecule has 0 spiro atoms. The lowest BCUT2D eigenvalue weighted by Crippen LogP contribution is -2.27. The van der Waals surface area contributed by atoms with Gasteiger partial charge in [-0.15, -0.1) is 0 Å². The van der Waals surface area contributed by atoms with Crippen LogP contribution in [-0.2, 0) is 0 Å². The van der Waals surface area contributed by atoms with Crippen LogP contribution in [0.2, 0.25) is 6.82 Å². The molecule has 1 aliphatic carbocycles. The molecule has 4 rings (SSSR count). The van der Waals surface area contributed by atoms with Crippen molar-refractivity contribution in [1.82, 2.24) is 0 Å². The van der Waals surface area contributed by atoms with Crippen molar-refractivity contribution < 1.29 is 0 Å². The molecule has 2 aliphatic rings. The van der Waals surface area contributed by atoms with Crippen LogP contribution in [0.15, 0.2) is 59.6 Å². The van der Waals surface area contributed by atoms with Gasteiger partial charge < -0.3 is 0 Å². The third-order valence-electron chi connectivity index (χ3n) is 5.46. The predicted octanol–water partition coefficient (Wildman–Crippen LogP) is 4.90. The highest BCUT2D eigenvalue weighted by atomic mass is 14.3. The van der Waals surface area contributed by atoms with Gasteiger partial charge in [0.05, 0.1) is 0 Å². The third kappa shape index (κ3) is 1.85. The first-order valence-corrected chi connectivity index (χ1v) is 8.27. The Morgan fingerprint density at radius 2 is 1.41 bits per heavy atom. The summed E-state index contributed by atoms with van der Waals surface area (Å²) in [6.07, 6.45) is 2.34. The van der Waals surface area contributed by atoms with E-state index in [2.05, 4.69) is 69.2 Å². The molecule has 0 fully saturated rings. The average molecular weight is 284 g/mol. The first-order valence-electron chi connectivity index (χ1n) is 8.27. The lowest BCUT2D eigenvalue weighted by Gasteiger charge is -2.24. The second-order valence-electron chi connectivity index (χ2n) is 6.62. The SMILES string of the molecule is CB1C2=C(CCC(c3ccccc3C)=C2C)c2ccccc21. The minimum absolute atomic E-state index is 0.533. The van der Waals surface area contributed by atoms with Crippen LogP contribution in [0.5, 0.6) is 0 Å². The highest BCUT2D eigenvalue weighted by Crippen LogP contribution is 2.44. The van der Waals surface area contributed by atoms with E-state index in [-0.39, 0.29) is 0 Å². The maximum absolute atomic E-state index is 2.37. The Bertz CT molecular complexity index is 823. The van der Waals surface area contributed by atoms with Gasteiger partial charge in [0.1, 0.15) is 0 Å². The van der Waals surface area contributed by atoms with Gasteiger partial charge in [0.2, 0.25) is 6.71 Å². The van der Waals surface area contributed by atoms with Crippen LogP contribution >= 0.6 is 0 Å². The quantitative estimate of drug-likeness (QED) is 0.653. The van der Waals surface area contributed by atoms with E-state index in [1.807, 2.05) is 0 Å². The largest absolute Gasteiger partial charge is 0.207 e. The lowest BCUT2D eigenvalue weighted by molar-refractivity contribution is 1.05. The van der Waals surface area contributed by atoms with Crippen molar-refractivity contribution >= 4 is 23.3 Å². The van der Waals surface area contributed by atoms with Gasteiger partial charge in [0, 0.05) is 0 Å². The molecule has 0 radical (unpaired) electrons. The van der Waals surface area contributed by atoms with E-state index in [0.29, 0.717) is 6.71 Å². The summed E-state index contributed by atoms with van der Waals surface area (Å²) in [5, 5.41) is 0. The average Bonchev–Trinajstić information content (AvgIpc) is 2.83. The number of hydrogen-bond donors (Lipinski definition) is 0. The molecule has 0 bridgehead atoms. The topological polar surface area (TPSA) is 0 Å². The molecule has 2 aromatic rings. The van der Waals surface area contributed by atoms with Crippen molar-refractivity contribution in [3.63, 3.8) is 0 Å². The number of fused-ring (bicyclic) bond motifs is 2. The van der Waals surface area contributed by atoms with Crippen LogP contribution in [0.25, 0.3) is 11.1 Å². The minimum atomic E-state index is 0.533. The van der Waals surface area contributed by atoms with Crippen LogP contribution in [0.4, 0.5) is 0 Å². The van der Waals surface area contributed by atoms with Crippen LogP contribution in [-0.4, -0.2) is 6.71 Å². The molecule has 1 aliphatic heterocycles. The summed E-state index contributed by atoms with van der Waals surface area (Å²) >= 11 is 0. The standard InChI is InChI=1S/C21H21B/c1-14-8-4-5-9-16(14)17-12-13-19-18-10-6-7-11-20(18)22(3)21(19)15(17)2/h4-11H,12-13H2,1-3H3. The summed E-state index contributed by atoms with van der Waals surface area (Å²) in [6.45, 7) is 7.46. The highest BCUT2D eigenvalue weighted by molar-refractivity contribution is 6.83. The normalized spacial score (nSPS) is 17.0. The molecule has 22 heavy (non-hydrogen) atoms. The molecule has 1 heteroatoms. The zero-order chi connectivity index (χ0) is 15.3. The Kier molecular flexibility index (Phi) is 3.11. The molecule has 2 aromatic carbocycles. The molecular weight excluding hydrogens is 263 g/mol. The number of rotatable bonds is 1. The van der Waals surface area contributed by atoms with Gasteiger partial charge in [-0.25, -0.2) is 0 Å². The van der Waals surface area contributed by atoms with E-state index in [1.54, 1.807) is 16.6 Å². The molecular formula is C21H21B. The summed E-state index contributed by atoms with van der Waals surface area (Å²) in [5.74, 6) is 0. The summed E-state index contributed by atoms with van der Waals surface area (Å²) in [5.41, 5.74) is 12.1. The van der Waals surface area contributed by atoms with Gasteiger partial charge in [-0.2, -0.15) is 0 Å². The Morgan fingerprint density at radius 1 is 0.773 bits per heavy atom. The molecule has 0 unspecified atom stereocenters. The highest BCUT2D eigenvalue weighted by Gasteiger charge is 2.34. The molecule has 0 amide bonds. The second-order valence-corrected chi connectivity index (χ2v) is 6.62. The van der Waals surface area contributed by atoms with Gasteiger partial charge in [0.25, 0.3) is 0 Å². The van der Waals surface area contributed by atoms with E-state index in [4.69, 9.17) is 0 Å². The maximum atomic E-state index is 2.37. The third-order valence-corrected chi connectivity index (χ3v) is 5.46. The van der Waals surface area contributed by atoms with Crippen molar-refractivity contribution in [2.24, 2.45) is 0 Å². The van der Waals surface area contributed by atoms with Gasteiger partial charge >= 0.3 is 0 Å². The minimum Gasteiger partial charge on any atom is -0.0774 e. The van der Waals surface area contributed by atoms with Crippen molar-refractivity contribution in [3.8, 4) is 0 Å². The number of benzene rings is 2. The smallest absolute Gasteiger partial charge is 0.0774 e. The summed E-state index contributed by atoms with van der Waals surface area (Å²) in [7, 11) is 0. The summed E-state index contributed by atoms with van der Waals surface area (Å²) < 4.78 is 0. The van der Waals surface area contributed by atoms with Crippen LogP contribution < -0.4 is 5.46 Å². The predicted molar refractivity (Wildman–Crippen MR) is 97.6 cm³/mol. The number of hydrogen-bond acceptors (Lipinski definition) is 0. The molecule has 0 nitrogen and oxygen atoms in total. The van der Waals surface area contributed by atoms with Crippen LogP contribution in [0, 0.1) is 6.92 Å². The first-order chi connectivity index (χ1) is 10.7. The Hall–Kier alpha value is -2.02. The van der Waals surface area contributed by atoms with Gasteiger partial charge in [-0.1, -0.05) is 71.9 Å². The summed E-state index contributed by atoms with van der Waals surface area (Å²) in [4.78, 5) is 0. The fourth-order valence-electron chi connectivity index (χ4n) is 4.38. The number of allylic oxidation sites excluding steroid dienone is 4. The molecule has 0 atom stereocenters. The molecule has 0 saturated heterocycles. The summed E-state index contributed by atoms with van der Waals surface area (Å²) in [6, 6.07) is 17.8. The monoisotopic (exact) mass is 284 g/mol. The van der Waals surface area contributed by atoms with E-state index < -0.39 is 0 Å². The van der Waals surface area contributed by atoms with Gasteiger partial charge in [0.15, 0.2) is 0 Å². The van der Waals surface area contributed by atoms with E-state index in [1.165, 1.54) is 34.1 Å². The van der Waals surface area contributed by atoms with Crippen molar-refractivity contribution in [2.75, 3.05) is 0 Å². The second kappa shape index (κ2) is 5.02. The van der Waals surface area contributed by atoms with Crippen LogP contribution in [0.1, 0.15) is 36.5 Å². The van der Waals surface area contributed by atoms with Crippen molar-refractivity contribution in [2.45, 2.75) is 33.5 Å². The Balaban J connectivity index is 1.89. The van der Waals surface area contributed by atoms with Gasteiger partial charge in [-0.3, -0.25) is 0 Å². The number of aryl methyl sites for hydroxylation is 1. The lowest BCUT2D eigenvalue weighted by atomic mass is 9.42. The van der Waals surface area contributed by atoms with Crippen molar-refractivity contribution in [3.05, 3.63) is 76.3 Å². The zero-order valence-corrected chi connectivity index (χ0v) is 13.6.